The first-order valence-electron chi connectivity index (χ1n) is 11.7. The summed E-state index contributed by atoms with van der Waals surface area (Å²) in [5, 5.41) is 4.80. The molecule has 2 saturated heterocycles. The first-order valence-corrected chi connectivity index (χ1v) is 14.0. The van der Waals surface area contributed by atoms with Crippen molar-refractivity contribution in [3.05, 3.63) is 46.7 Å². The van der Waals surface area contributed by atoms with Gasteiger partial charge in [0.05, 0.1) is 9.77 Å². The number of thiophene rings is 1. The van der Waals surface area contributed by atoms with Gasteiger partial charge < -0.3 is 10.2 Å². The van der Waals surface area contributed by atoms with Crippen LogP contribution in [0.15, 0.2) is 46.7 Å². The Morgan fingerprint density at radius 2 is 1.76 bits per heavy atom. The predicted molar refractivity (Wildman–Crippen MR) is 130 cm³/mol. The van der Waals surface area contributed by atoms with E-state index in [1.807, 2.05) is 24.4 Å². The number of piperidine rings is 2. The molecule has 1 N–H and O–H groups in total. The Morgan fingerprint density at radius 1 is 1.03 bits per heavy atom. The van der Waals surface area contributed by atoms with E-state index in [0.717, 1.165) is 30.6 Å². The Bertz CT molecular complexity index is 1060. The molecule has 1 unspecified atom stereocenters. The van der Waals surface area contributed by atoms with Crippen LogP contribution in [0.1, 0.15) is 55.1 Å². The molecule has 2 fully saturated rings. The number of benzene rings is 1. The first kappa shape index (κ1) is 23.9. The molecular formula is C24H31N3O4S2. The number of nitrogens with one attached hydrogen (secondary N) is 1. The van der Waals surface area contributed by atoms with Crippen molar-refractivity contribution in [2.45, 2.75) is 56.4 Å². The molecule has 2 aliphatic heterocycles. The van der Waals surface area contributed by atoms with Crippen molar-refractivity contribution in [3.8, 4) is 0 Å². The average Bonchev–Trinajstić information content (AvgIpc) is 3.39. The lowest BCUT2D eigenvalue weighted by atomic mass is 9.95. The number of likely N-dealkylation sites (tertiary alicyclic amines) is 1. The zero-order chi connectivity index (χ0) is 23.4. The minimum Gasteiger partial charge on any atom is -0.338 e. The number of hydrogen-bond donors (Lipinski definition) is 1. The smallest absolute Gasteiger partial charge is 0.263 e. The van der Waals surface area contributed by atoms with E-state index in [1.54, 1.807) is 33.5 Å². The molecule has 33 heavy (non-hydrogen) atoms. The van der Waals surface area contributed by atoms with Gasteiger partial charge >= 0.3 is 0 Å². The first-order chi connectivity index (χ1) is 15.9. The van der Waals surface area contributed by atoms with Gasteiger partial charge in [0.2, 0.25) is 15.9 Å². The summed E-state index contributed by atoms with van der Waals surface area (Å²) in [5.74, 6) is -0.227. The lowest BCUT2D eigenvalue weighted by molar-refractivity contribution is -0.121. The number of carbonyl (C=O) groups excluding carboxylic acids is 2. The zero-order valence-corrected chi connectivity index (χ0v) is 20.5. The number of hydrogen-bond acceptors (Lipinski definition) is 5. The van der Waals surface area contributed by atoms with Crippen molar-refractivity contribution in [2.75, 3.05) is 25.0 Å². The van der Waals surface area contributed by atoms with E-state index >= 15 is 0 Å². The van der Waals surface area contributed by atoms with Crippen LogP contribution in [0.2, 0.25) is 0 Å². The summed E-state index contributed by atoms with van der Waals surface area (Å²) in [4.78, 5) is 28.0. The molecule has 0 saturated carbocycles. The summed E-state index contributed by atoms with van der Waals surface area (Å²) in [6.45, 7) is 3.70. The van der Waals surface area contributed by atoms with E-state index in [4.69, 9.17) is 0 Å². The number of amides is 2. The van der Waals surface area contributed by atoms with Gasteiger partial charge in [-0.15, -0.1) is 11.3 Å². The summed E-state index contributed by atoms with van der Waals surface area (Å²) < 4.78 is 27.9. The van der Waals surface area contributed by atoms with Crippen molar-refractivity contribution >= 4 is 38.9 Å². The van der Waals surface area contributed by atoms with Crippen molar-refractivity contribution < 1.29 is 18.0 Å². The lowest BCUT2D eigenvalue weighted by Crippen LogP contribution is -2.43. The molecule has 178 valence electrons. The van der Waals surface area contributed by atoms with E-state index in [0.29, 0.717) is 38.2 Å². The second kappa shape index (κ2) is 10.4. The van der Waals surface area contributed by atoms with Crippen LogP contribution in [0.25, 0.3) is 0 Å². The maximum Gasteiger partial charge on any atom is 0.263 e. The molecule has 1 atom stereocenters. The number of rotatable bonds is 6. The SMILES string of the molecule is CCC1CCCCN1S(=O)(=O)c1ccc(NC(=O)C2CCN(C(=O)c3cccs3)CC2)cc1. The topological polar surface area (TPSA) is 86.8 Å². The van der Waals surface area contributed by atoms with Gasteiger partial charge in [-0.05, 0) is 67.8 Å². The molecule has 0 spiro atoms. The van der Waals surface area contributed by atoms with Crippen molar-refractivity contribution in [3.63, 3.8) is 0 Å². The summed E-state index contributed by atoms with van der Waals surface area (Å²) in [5.41, 5.74) is 0.585. The van der Waals surface area contributed by atoms with Crippen LogP contribution in [0.4, 0.5) is 5.69 Å². The summed E-state index contributed by atoms with van der Waals surface area (Å²) >= 11 is 1.43. The molecule has 2 aromatic rings. The Kier molecular flexibility index (Phi) is 7.51. The largest absolute Gasteiger partial charge is 0.338 e. The Morgan fingerprint density at radius 3 is 2.39 bits per heavy atom. The van der Waals surface area contributed by atoms with E-state index < -0.39 is 10.0 Å². The van der Waals surface area contributed by atoms with E-state index in [-0.39, 0.29) is 28.7 Å². The third-order valence-electron chi connectivity index (χ3n) is 6.66. The van der Waals surface area contributed by atoms with Crippen LogP contribution >= 0.6 is 11.3 Å². The third kappa shape index (κ3) is 5.31. The normalized spacial score (nSPS) is 20.5. The van der Waals surface area contributed by atoms with Crippen LogP contribution in [-0.2, 0) is 14.8 Å². The Balaban J connectivity index is 1.33. The molecule has 3 heterocycles. The summed E-state index contributed by atoms with van der Waals surface area (Å²) in [6.07, 6.45) is 4.90. The standard InChI is InChI=1S/C24H31N3O4S2/c1-2-20-6-3-4-14-27(20)33(30,31)21-10-8-19(9-11-21)25-23(28)18-12-15-26(16-13-18)24(29)22-7-5-17-32-22/h5,7-11,17-18,20H,2-4,6,12-16H2,1H3,(H,25,28). The fourth-order valence-electron chi connectivity index (χ4n) is 4.69. The minimum atomic E-state index is -3.54. The highest BCUT2D eigenvalue weighted by atomic mass is 32.2. The van der Waals surface area contributed by atoms with Crippen molar-refractivity contribution in [2.24, 2.45) is 5.92 Å². The molecule has 0 aliphatic carbocycles. The van der Waals surface area contributed by atoms with Gasteiger partial charge in [-0.2, -0.15) is 4.31 Å². The van der Waals surface area contributed by atoms with Crippen molar-refractivity contribution in [1.29, 1.82) is 0 Å². The maximum atomic E-state index is 13.1. The molecular weight excluding hydrogens is 458 g/mol. The van der Waals surface area contributed by atoms with E-state index in [9.17, 15) is 18.0 Å². The van der Waals surface area contributed by atoms with Gasteiger partial charge in [0.1, 0.15) is 0 Å². The number of sulfonamides is 1. The molecule has 9 heteroatoms. The lowest BCUT2D eigenvalue weighted by Gasteiger charge is -2.34. The number of nitrogens with zero attached hydrogens (tertiary/aromatic N) is 2. The van der Waals surface area contributed by atoms with E-state index in [2.05, 4.69) is 5.32 Å². The number of carbonyl (C=O) groups is 2. The molecule has 0 bridgehead atoms. The van der Waals surface area contributed by atoms with Crippen molar-refractivity contribution in [1.82, 2.24) is 9.21 Å². The highest BCUT2D eigenvalue weighted by Gasteiger charge is 2.32. The fourth-order valence-corrected chi connectivity index (χ4v) is 7.15. The third-order valence-corrected chi connectivity index (χ3v) is 9.48. The summed E-state index contributed by atoms with van der Waals surface area (Å²) in [6, 6.07) is 10.2. The summed E-state index contributed by atoms with van der Waals surface area (Å²) in [7, 11) is -3.54. The van der Waals surface area contributed by atoms with Gasteiger partial charge in [-0.1, -0.05) is 19.4 Å². The molecule has 0 radical (unpaired) electrons. The van der Waals surface area contributed by atoms with Crippen LogP contribution in [0.5, 0.6) is 0 Å². The maximum absolute atomic E-state index is 13.1. The van der Waals surface area contributed by atoms with Crippen LogP contribution < -0.4 is 5.32 Å². The predicted octanol–water partition coefficient (Wildman–Crippen LogP) is 4.19. The average molecular weight is 490 g/mol. The van der Waals surface area contributed by atoms with Gasteiger partial charge in [-0.25, -0.2) is 8.42 Å². The molecule has 7 nitrogen and oxygen atoms in total. The number of anilines is 1. The van der Waals surface area contributed by atoms with Gasteiger partial charge in [0.15, 0.2) is 0 Å². The second-order valence-corrected chi connectivity index (χ2v) is 11.6. The van der Waals surface area contributed by atoms with Gasteiger partial charge in [0, 0.05) is 37.3 Å². The second-order valence-electron chi connectivity index (χ2n) is 8.73. The monoisotopic (exact) mass is 489 g/mol. The highest BCUT2D eigenvalue weighted by Crippen LogP contribution is 2.28. The fraction of sp³-hybridized carbons (Fsp3) is 0.500. The molecule has 4 rings (SSSR count). The van der Waals surface area contributed by atoms with Gasteiger partial charge in [-0.3, -0.25) is 9.59 Å². The quantitative estimate of drug-likeness (QED) is 0.659. The molecule has 1 aromatic carbocycles. The van der Waals surface area contributed by atoms with Crippen LogP contribution in [0, 0.1) is 5.92 Å². The van der Waals surface area contributed by atoms with E-state index in [1.165, 1.54) is 11.3 Å². The molecule has 2 amide bonds. The van der Waals surface area contributed by atoms with Gasteiger partial charge in [0.25, 0.3) is 5.91 Å². The molecule has 1 aromatic heterocycles. The minimum absolute atomic E-state index is 0.0275. The highest BCUT2D eigenvalue weighted by molar-refractivity contribution is 7.89. The van der Waals surface area contributed by atoms with Crippen LogP contribution in [-0.4, -0.2) is 55.1 Å². The molecule has 2 aliphatic rings. The Hall–Kier alpha value is -2.23. The van der Waals surface area contributed by atoms with Crippen LogP contribution in [0.3, 0.4) is 0 Å². The zero-order valence-electron chi connectivity index (χ0n) is 18.9. The Labute approximate surface area is 199 Å².